The minimum absolute atomic E-state index is 0.0830. The van der Waals surface area contributed by atoms with Gasteiger partial charge in [0.05, 0.1) is 11.6 Å². The van der Waals surface area contributed by atoms with Crippen LogP contribution in [0.25, 0.3) is 5.76 Å². The van der Waals surface area contributed by atoms with E-state index >= 15 is 0 Å². The van der Waals surface area contributed by atoms with Crippen molar-refractivity contribution in [1.82, 2.24) is 4.98 Å². The monoisotopic (exact) mass is 412 g/mol. The highest BCUT2D eigenvalue weighted by Gasteiger charge is 2.47. The maximum atomic E-state index is 13.2. The average Bonchev–Trinajstić information content (AvgIpc) is 3.04. The van der Waals surface area contributed by atoms with Gasteiger partial charge in [0.1, 0.15) is 5.76 Å². The Labute approximate surface area is 181 Å². The van der Waals surface area contributed by atoms with Crippen molar-refractivity contribution in [3.8, 4) is 0 Å². The number of aliphatic hydroxyl groups excluding tert-OH is 1. The Bertz CT molecular complexity index is 1160. The second-order valence-corrected chi connectivity index (χ2v) is 7.85. The number of ketones is 1. The Morgan fingerprint density at radius 3 is 2.16 bits per heavy atom. The number of hydrogen-bond acceptors (Lipinski definition) is 4. The number of aryl methyl sites for hydroxylation is 3. The van der Waals surface area contributed by atoms with Crippen molar-refractivity contribution >= 4 is 23.1 Å². The van der Waals surface area contributed by atoms with Crippen molar-refractivity contribution < 1.29 is 14.7 Å². The number of aromatic nitrogens is 1. The van der Waals surface area contributed by atoms with Gasteiger partial charge in [0, 0.05) is 23.6 Å². The van der Waals surface area contributed by atoms with Crippen molar-refractivity contribution in [1.29, 1.82) is 0 Å². The summed E-state index contributed by atoms with van der Waals surface area (Å²) in [5.41, 5.74) is 5.02. The van der Waals surface area contributed by atoms with E-state index in [1.54, 1.807) is 36.7 Å². The van der Waals surface area contributed by atoms with Crippen LogP contribution in [-0.2, 0) is 16.0 Å². The standard InChI is InChI=1S/C26H24N2O3/c1-4-18-5-7-20(8-6-18)24(29)22-23(19-9-11-27-12-10-19)28(26(31)25(22)30)21-14-16(2)13-17(3)15-21/h5-15,23,29H,4H2,1-3H3/b24-22+. The normalized spacial score (nSPS) is 17.9. The van der Waals surface area contributed by atoms with Gasteiger partial charge in [-0.2, -0.15) is 0 Å². The van der Waals surface area contributed by atoms with E-state index in [1.807, 2.05) is 51.1 Å². The molecular formula is C26H24N2O3. The molecule has 1 saturated heterocycles. The highest BCUT2D eigenvalue weighted by molar-refractivity contribution is 6.51. The Morgan fingerprint density at radius 2 is 1.58 bits per heavy atom. The molecule has 1 unspecified atom stereocenters. The number of anilines is 1. The number of carbonyl (C=O) groups is 2. The Kier molecular flexibility index (Phi) is 5.42. The van der Waals surface area contributed by atoms with Crippen LogP contribution in [0.1, 0.15) is 40.8 Å². The molecule has 2 aromatic carbocycles. The average molecular weight is 412 g/mol. The third-order valence-electron chi connectivity index (χ3n) is 5.59. The van der Waals surface area contributed by atoms with Crippen LogP contribution in [0.3, 0.4) is 0 Å². The minimum atomic E-state index is -0.741. The summed E-state index contributed by atoms with van der Waals surface area (Å²) in [6.45, 7) is 5.95. The summed E-state index contributed by atoms with van der Waals surface area (Å²) < 4.78 is 0. The molecule has 1 atom stereocenters. The first-order chi connectivity index (χ1) is 14.9. The first-order valence-electron chi connectivity index (χ1n) is 10.3. The van der Waals surface area contributed by atoms with Crippen LogP contribution in [0.15, 0.2) is 72.6 Å². The Hall–Kier alpha value is -3.73. The number of amides is 1. The molecule has 1 aliphatic heterocycles. The number of aliphatic hydroxyl groups is 1. The van der Waals surface area contributed by atoms with Gasteiger partial charge < -0.3 is 5.11 Å². The van der Waals surface area contributed by atoms with Gasteiger partial charge in [-0.3, -0.25) is 19.5 Å². The molecule has 156 valence electrons. The summed E-state index contributed by atoms with van der Waals surface area (Å²) in [6, 6.07) is 15.9. The number of pyridine rings is 1. The molecule has 5 heteroatoms. The molecule has 3 aromatic rings. The molecule has 1 fully saturated rings. The van der Waals surface area contributed by atoms with E-state index < -0.39 is 17.7 Å². The predicted octanol–water partition coefficient (Wildman–Crippen LogP) is 4.89. The zero-order valence-electron chi connectivity index (χ0n) is 17.8. The predicted molar refractivity (Wildman–Crippen MR) is 121 cm³/mol. The zero-order chi connectivity index (χ0) is 22.1. The smallest absolute Gasteiger partial charge is 0.300 e. The number of rotatable bonds is 4. The highest BCUT2D eigenvalue weighted by atomic mass is 16.3. The van der Waals surface area contributed by atoms with Crippen LogP contribution >= 0.6 is 0 Å². The van der Waals surface area contributed by atoms with E-state index in [2.05, 4.69) is 4.98 Å². The Morgan fingerprint density at radius 1 is 0.968 bits per heavy atom. The number of hydrogen-bond donors (Lipinski definition) is 1. The van der Waals surface area contributed by atoms with Crippen LogP contribution in [0.4, 0.5) is 5.69 Å². The molecule has 1 aromatic heterocycles. The number of nitrogens with zero attached hydrogens (tertiary/aromatic N) is 2. The van der Waals surface area contributed by atoms with Crippen molar-refractivity contribution in [2.24, 2.45) is 0 Å². The fourth-order valence-electron chi connectivity index (χ4n) is 4.10. The maximum Gasteiger partial charge on any atom is 0.300 e. The molecule has 31 heavy (non-hydrogen) atoms. The molecule has 0 bridgehead atoms. The van der Waals surface area contributed by atoms with E-state index in [-0.39, 0.29) is 11.3 Å². The fraction of sp³-hybridized carbons (Fsp3) is 0.192. The van der Waals surface area contributed by atoms with Gasteiger partial charge in [-0.25, -0.2) is 0 Å². The second kappa shape index (κ2) is 8.19. The second-order valence-electron chi connectivity index (χ2n) is 7.85. The first kappa shape index (κ1) is 20.5. The van der Waals surface area contributed by atoms with Crippen LogP contribution in [0.5, 0.6) is 0 Å². The fourth-order valence-corrected chi connectivity index (χ4v) is 4.10. The van der Waals surface area contributed by atoms with Crippen LogP contribution < -0.4 is 4.90 Å². The van der Waals surface area contributed by atoms with Gasteiger partial charge in [0.2, 0.25) is 0 Å². The van der Waals surface area contributed by atoms with Crippen molar-refractivity contribution in [3.63, 3.8) is 0 Å². The molecule has 4 rings (SSSR count). The van der Waals surface area contributed by atoms with Gasteiger partial charge in [0.25, 0.3) is 11.7 Å². The van der Waals surface area contributed by atoms with E-state index in [1.165, 1.54) is 4.90 Å². The number of Topliss-reactive ketones (excluding diaryl/α,β-unsaturated/α-hetero) is 1. The van der Waals surface area contributed by atoms with Crippen molar-refractivity contribution in [2.75, 3.05) is 4.90 Å². The van der Waals surface area contributed by atoms with Gasteiger partial charge in [0.15, 0.2) is 0 Å². The lowest BCUT2D eigenvalue weighted by atomic mass is 9.95. The zero-order valence-corrected chi connectivity index (χ0v) is 17.8. The molecular weight excluding hydrogens is 388 g/mol. The highest BCUT2D eigenvalue weighted by Crippen LogP contribution is 2.42. The molecule has 5 nitrogen and oxygen atoms in total. The molecule has 1 aliphatic rings. The third kappa shape index (κ3) is 3.75. The lowest BCUT2D eigenvalue weighted by Gasteiger charge is -2.26. The quantitative estimate of drug-likeness (QED) is 0.376. The summed E-state index contributed by atoms with van der Waals surface area (Å²) in [6.07, 6.45) is 4.11. The molecule has 0 radical (unpaired) electrons. The van der Waals surface area contributed by atoms with Crippen molar-refractivity contribution in [2.45, 2.75) is 33.2 Å². The lowest BCUT2D eigenvalue weighted by molar-refractivity contribution is -0.132. The molecule has 2 heterocycles. The van der Waals surface area contributed by atoms with Crippen molar-refractivity contribution in [3.05, 3.63) is 100 Å². The SMILES string of the molecule is CCc1ccc(/C(O)=C2\C(=O)C(=O)N(c3cc(C)cc(C)c3)C2c2ccncc2)cc1. The molecule has 0 spiro atoms. The van der Waals surface area contributed by atoms with Gasteiger partial charge in [-0.15, -0.1) is 0 Å². The molecule has 0 saturated carbocycles. The summed E-state index contributed by atoms with van der Waals surface area (Å²) in [5, 5.41) is 11.1. The van der Waals surface area contributed by atoms with E-state index in [0.717, 1.165) is 23.1 Å². The lowest BCUT2D eigenvalue weighted by Crippen LogP contribution is -2.29. The van der Waals surface area contributed by atoms with Crippen LogP contribution in [-0.4, -0.2) is 21.8 Å². The van der Waals surface area contributed by atoms with Crippen LogP contribution in [0, 0.1) is 13.8 Å². The van der Waals surface area contributed by atoms with Gasteiger partial charge in [-0.1, -0.05) is 37.3 Å². The third-order valence-corrected chi connectivity index (χ3v) is 5.59. The molecule has 1 amide bonds. The van der Waals surface area contributed by atoms with Gasteiger partial charge in [-0.05, 0) is 66.8 Å². The Balaban J connectivity index is 1.93. The summed E-state index contributed by atoms with van der Waals surface area (Å²) in [5.74, 6) is -1.52. The first-order valence-corrected chi connectivity index (χ1v) is 10.3. The van der Waals surface area contributed by atoms with Crippen LogP contribution in [0.2, 0.25) is 0 Å². The topological polar surface area (TPSA) is 70.5 Å². The van der Waals surface area contributed by atoms with Gasteiger partial charge >= 0.3 is 0 Å². The summed E-state index contributed by atoms with van der Waals surface area (Å²) >= 11 is 0. The summed E-state index contributed by atoms with van der Waals surface area (Å²) in [4.78, 5) is 31.9. The largest absolute Gasteiger partial charge is 0.507 e. The number of benzene rings is 2. The van der Waals surface area contributed by atoms with E-state index in [4.69, 9.17) is 0 Å². The van der Waals surface area contributed by atoms with E-state index in [9.17, 15) is 14.7 Å². The summed E-state index contributed by atoms with van der Waals surface area (Å²) in [7, 11) is 0. The van der Waals surface area contributed by atoms with E-state index in [0.29, 0.717) is 16.8 Å². The minimum Gasteiger partial charge on any atom is -0.507 e. The molecule has 0 aliphatic carbocycles. The maximum absolute atomic E-state index is 13.2. The molecule has 1 N–H and O–H groups in total. The number of carbonyl (C=O) groups excluding carboxylic acids is 2.